The normalized spacial score (nSPS) is 21.1. The number of rotatable bonds is 13. The molecule has 1 aliphatic rings. The molecule has 0 spiro atoms. The van der Waals surface area contributed by atoms with Crippen molar-refractivity contribution in [1.82, 2.24) is 10.3 Å². The number of aryl methyl sites for hydroxylation is 1. The van der Waals surface area contributed by atoms with Crippen LogP contribution < -0.4 is 10.1 Å². The third-order valence-corrected chi connectivity index (χ3v) is 6.88. The molecule has 0 unspecified atom stereocenters. The van der Waals surface area contributed by atoms with E-state index in [0.717, 1.165) is 32.1 Å². The summed E-state index contributed by atoms with van der Waals surface area (Å²) in [5, 5.41) is 2.49. The zero-order valence-electron chi connectivity index (χ0n) is 25.0. The number of unbranched alkanes of at least 4 members (excludes halogenated alkanes) is 5. The van der Waals surface area contributed by atoms with Crippen molar-refractivity contribution in [2.75, 3.05) is 6.61 Å². The molecule has 0 radical (unpaired) electrons. The number of hydrogen-bond donors (Lipinski definition) is 1. The Morgan fingerprint density at radius 3 is 2.41 bits per heavy atom. The highest BCUT2D eigenvalue weighted by molar-refractivity contribution is 5.98. The van der Waals surface area contributed by atoms with Crippen LogP contribution in [0.2, 0.25) is 0 Å². The van der Waals surface area contributed by atoms with Gasteiger partial charge in [0.05, 0.1) is 11.8 Å². The Morgan fingerprint density at radius 2 is 1.76 bits per heavy atom. The Hall–Kier alpha value is -3.50. The molecule has 1 aliphatic heterocycles. The lowest BCUT2D eigenvalue weighted by atomic mass is 9.95. The van der Waals surface area contributed by atoms with E-state index in [0.29, 0.717) is 12.0 Å². The number of hydrogen-bond acceptors (Lipinski definition) is 10. The van der Waals surface area contributed by atoms with Crippen molar-refractivity contribution in [1.29, 1.82) is 0 Å². The van der Waals surface area contributed by atoms with Gasteiger partial charge in [-0.3, -0.25) is 19.2 Å². The van der Waals surface area contributed by atoms with E-state index in [1.807, 2.05) is 0 Å². The summed E-state index contributed by atoms with van der Waals surface area (Å²) in [6.45, 7) is 9.85. The van der Waals surface area contributed by atoms with Crippen LogP contribution in [0.5, 0.6) is 5.75 Å². The molecule has 1 saturated heterocycles. The maximum Gasteiger partial charge on any atom is 0.332 e. The second-order valence-corrected chi connectivity index (χ2v) is 10.7. The van der Waals surface area contributed by atoms with Gasteiger partial charge < -0.3 is 24.3 Å². The number of esters is 4. The van der Waals surface area contributed by atoms with Gasteiger partial charge in [-0.25, -0.2) is 9.78 Å². The second-order valence-electron chi connectivity index (χ2n) is 10.7. The molecule has 1 aromatic rings. The van der Waals surface area contributed by atoms with Gasteiger partial charge in [-0.2, -0.15) is 0 Å². The van der Waals surface area contributed by atoms with Gasteiger partial charge >= 0.3 is 23.9 Å². The molecular weight excluding hydrogens is 532 g/mol. The first-order valence-corrected chi connectivity index (χ1v) is 14.5. The van der Waals surface area contributed by atoms with Crippen molar-refractivity contribution in [3.05, 3.63) is 23.5 Å². The van der Waals surface area contributed by atoms with Gasteiger partial charge in [-0.05, 0) is 38.3 Å². The maximum atomic E-state index is 13.2. The lowest BCUT2D eigenvalue weighted by molar-refractivity contribution is -0.176. The number of aromatic nitrogens is 1. The highest BCUT2D eigenvalue weighted by atomic mass is 16.6. The molecule has 1 amide bonds. The fraction of sp³-hybridized carbons (Fsp3) is 0.667. The maximum absolute atomic E-state index is 13.2. The van der Waals surface area contributed by atoms with Crippen LogP contribution in [0.15, 0.2) is 12.3 Å². The summed E-state index contributed by atoms with van der Waals surface area (Å²) >= 11 is 0. The van der Waals surface area contributed by atoms with Gasteiger partial charge in [-0.15, -0.1) is 0 Å². The fourth-order valence-corrected chi connectivity index (χ4v) is 4.36. The Balaban J connectivity index is 2.15. The predicted molar refractivity (Wildman–Crippen MR) is 149 cm³/mol. The first-order chi connectivity index (χ1) is 19.5. The van der Waals surface area contributed by atoms with E-state index in [1.165, 1.54) is 13.1 Å². The summed E-state index contributed by atoms with van der Waals surface area (Å²) in [6.07, 6.45) is 5.86. The minimum atomic E-state index is -1.38. The van der Waals surface area contributed by atoms with Crippen molar-refractivity contribution in [2.45, 2.75) is 111 Å². The molecule has 1 fully saturated rings. The van der Waals surface area contributed by atoms with Crippen molar-refractivity contribution in [3.8, 4) is 5.75 Å². The Morgan fingerprint density at radius 1 is 1.07 bits per heavy atom. The van der Waals surface area contributed by atoms with Gasteiger partial charge in [0, 0.05) is 12.6 Å². The topological polar surface area (TPSA) is 147 Å². The van der Waals surface area contributed by atoms with Crippen molar-refractivity contribution >= 4 is 29.8 Å². The van der Waals surface area contributed by atoms with E-state index >= 15 is 0 Å². The van der Waals surface area contributed by atoms with Crippen LogP contribution >= 0.6 is 0 Å². The summed E-state index contributed by atoms with van der Waals surface area (Å²) in [4.78, 5) is 68.1. The average molecular weight is 577 g/mol. The molecule has 0 aromatic carbocycles. The summed E-state index contributed by atoms with van der Waals surface area (Å²) in [5.74, 6) is -4.73. The molecule has 41 heavy (non-hydrogen) atoms. The van der Waals surface area contributed by atoms with Crippen molar-refractivity contribution in [2.24, 2.45) is 11.8 Å². The van der Waals surface area contributed by atoms with Crippen molar-refractivity contribution < 1.29 is 42.9 Å². The van der Waals surface area contributed by atoms with Crippen LogP contribution in [-0.4, -0.2) is 59.6 Å². The SMILES string of the molecule is CCCCCCCCC(=O)Oc1c(C)ccnc1C(=O)N[C@H]1COC(=O)[C@H](CC)[C@@H](OC(=O)C(C)C)[C@H](C)OC1=O. The van der Waals surface area contributed by atoms with E-state index in [-0.39, 0.29) is 24.3 Å². The lowest BCUT2D eigenvalue weighted by Crippen LogP contribution is -2.47. The summed E-state index contributed by atoms with van der Waals surface area (Å²) in [5.41, 5.74) is 0.322. The summed E-state index contributed by atoms with van der Waals surface area (Å²) < 4.78 is 21.9. The lowest BCUT2D eigenvalue weighted by Gasteiger charge is -2.29. The molecule has 1 aromatic heterocycles. The number of nitrogens with zero attached hydrogens (tertiary/aromatic N) is 1. The van der Waals surface area contributed by atoms with Crippen LogP contribution in [0, 0.1) is 18.8 Å². The third kappa shape index (κ3) is 10.1. The molecule has 2 heterocycles. The number of carbonyl (C=O) groups is 5. The van der Waals surface area contributed by atoms with Crippen LogP contribution in [0.1, 0.15) is 102 Å². The van der Waals surface area contributed by atoms with Crippen LogP contribution in [-0.2, 0) is 33.4 Å². The number of carbonyl (C=O) groups excluding carboxylic acids is 5. The standard InChI is InChI=1S/C30H44N2O9/c1-7-9-10-11-12-13-14-23(33)40-25-19(5)15-16-31-24(25)27(34)32-22-17-38-29(36)21(8-2)26(20(6)39-30(22)37)41-28(35)18(3)4/h15-16,18,20-22,26H,7-14,17H2,1-6H3,(H,32,34)/t20-,21+,22-,26-/m0/s1. The highest BCUT2D eigenvalue weighted by Gasteiger charge is 2.41. The number of cyclic esters (lactones) is 2. The van der Waals surface area contributed by atoms with Gasteiger partial charge in [0.15, 0.2) is 23.6 Å². The summed E-state index contributed by atoms with van der Waals surface area (Å²) in [7, 11) is 0. The van der Waals surface area contributed by atoms with Gasteiger partial charge in [0.2, 0.25) is 0 Å². The van der Waals surface area contributed by atoms with E-state index in [1.54, 1.807) is 33.8 Å². The zero-order valence-corrected chi connectivity index (χ0v) is 25.0. The smallest absolute Gasteiger partial charge is 0.332 e. The van der Waals surface area contributed by atoms with E-state index in [9.17, 15) is 24.0 Å². The first kappa shape index (κ1) is 33.7. The van der Waals surface area contributed by atoms with Gasteiger partial charge in [0.25, 0.3) is 5.91 Å². The number of ether oxygens (including phenoxy) is 4. The molecule has 11 nitrogen and oxygen atoms in total. The second kappa shape index (κ2) is 16.7. The highest BCUT2D eigenvalue weighted by Crippen LogP contribution is 2.25. The molecule has 0 bridgehead atoms. The van der Waals surface area contributed by atoms with Crippen LogP contribution in [0.3, 0.4) is 0 Å². The Kier molecular flexibility index (Phi) is 13.7. The van der Waals surface area contributed by atoms with Crippen molar-refractivity contribution in [3.63, 3.8) is 0 Å². The number of pyridine rings is 1. The molecule has 0 aliphatic carbocycles. The molecular formula is C30H44N2O9. The van der Waals surface area contributed by atoms with E-state index < -0.39 is 66.5 Å². The van der Waals surface area contributed by atoms with Gasteiger partial charge in [0.1, 0.15) is 12.7 Å². The average Bonchev–Trinajstić information content (AvgIpc) is 2.96. The fourth-order valence-electron chi connectivity index (χ4n) is 4.36. The third-order valence-electron chi connectivity index (χ3n) is 6.88. The largest absolute Gasteiger partial charge is 0.463 e. The Bertz CT molecular complexity index is 1070. The van der Waals surface area contributed by atoms with Crippen LogP contribution in [0.4, 0.5) is 0 Å². The molecule has 4 atom stereocenters. The molecule has 11 heteroatoms. The first-order valence-electron chi connectivity index (χ1n) is 14.5. The van der Waals surface area contributed by atoms with Crippen LogP contribution in [0.25, 0.3) is 0 Å². The quantitative estimate of drug-likeness (QED) is 0.206. The minimum absolute atomic E-state index is 0.00510. The van der Waals surface area contributed by atoms with E-state index in [2.05, 4.69) is 17.2 Å². The Labute approximate surface area is 242 Å². The minimum Gasteiger partial charge on any atom is -0.463 e. The molecule has 0 saturated carbocycles. The molecule has 228 valence electrons. The van der Waals surface area contributed by atoms with Gasteiger partial charge in [-0.1, -0.05) is 59.8 Å². The van der Waals surface area contributed by atoms with E-state index in [4.69, 9.17) is 18.9 Å². The zero-order chi connectivity index (χ0) is 30.5. The number of amides is 1. The summed E-state index contributed by atoms with van der Waals surface area (Å²) in [6, 6.07) is 0.227. The predicted octanol–water partition coefficient (Wildman–Crippen LogP) is 4.23. The molecule has 1 N–H and O–H groups in total. The molecule has 2 rings (SSSR count). The number of nitrogens with one attached hydrogen (secondary N) is 1. The monoisotopic (exact) mass is 576 g/mol.